The lowest BCUT2D eigenvalue weighted by Gasteiger charge is -2.05. The number of H-pyrrole nitrogens is 1. The van der Waals surface area contributed by atoms with Crippen LogP contribution < -0.4 is 5.32 Å². The molecule has 0 aliphatic heterocycles. The molecule has 0 spiro atoms. The molecule has 4 rings (SSSR count). The van der Waals surface area contributed by atoms with Gasteiger partial charge in [-0.1, -0.05) is 34.1 Å². The van der Waals surface area contributed by atoms with Crippen LogP contribution in [0.1, 0.15) is 10.4 Å². The fourth-order valence-electron chi connectivity index (χ4n) is 2.38. The van der Waals surface area contributed by atoms with E-state index in [2.05, 4.69) is 41.9 Å². The molecular formula is C16H10BrN5O2. The van der Waals surface area contributed by atoms with E-state index in [9.17, 15) is 4.79 Å². The molecule has 24 heavy (non-hydrogen) atoms. The van der Waals surface area contributed by atoms with Crippen LogP contribution in [0.5, 0.6) is 0 Å². The van der Waals surface area contributed by atoms with Crippen molar-refractivity contribution in [3.63, 3.8) is 0 Å². The molecule has 2 heterocycles. The number of hydrogen-bond donors (Lipinski definition) is 2. The van der Waals surface area contributed by atoms with Crippen molar-refractivity contribution in [3.05, 3.63) is 58.6 Å². The fourth-order valence-corrected chi connectivity index (χ4v) is 2.75. The number of nitrogens with zero attached hydrogens (tertiary/aromatic N) is 3. The number of aromatic amines is 1. The number of nitrogens with one attached hydrogen (secondary N) is 2. The molecule has 2 aromatic heterocycles. The SMILES string of the molecule is O=C(Nc1c(-c2nn[nH]n2)oc2ccc(Br)cc12)c1ccccc1. The average Bonchev–Trinajstić information content (AvgIpc) is 3.24. The Morgan fingerprint density at radius 3 is 2.75 bits per heavy atom. The van der Waals surface area contributed by atoms with Gasteiger partial charge in [0.25, 0.3) is 5.91 Å². The molecule has 7 nitrogen and oxygen atoms in total. The molecule has 0 saturated heterocycles. The lowest BCUT2D eigenvalue weighted by Crippen LogP contribution is -2.12. The highest BCUT2D eigenvalue weighted by Gasteiger charge is 2.21. The van der Waals surface area contributed by atoms with Crippen LogP contribution in [0.2, 0.25) is 0 Å². The van der Waals surface area contributed by atoms with Gasteiger partial charge >= 0.3 is 0 Å². The van der Waals surface area contributed by atoms with Crippen molar-refractivity contribution >= 4 is 38.5 Å². The van der Waals surface area contributed by atoms with Crippen LogP contribution in [0.25, 0.3) is 22.6 Å². The van der Waals surface area contributed by atoms with Crippen LogP contribution >= 0.6 is 15.9 Å². The maximum Gasteiger partial charge on any atom is 0.255 e. The minimum atomic E-state index is -0.247. The molecule has 0 aliphatic rings. The summed E-state index contributed by atoms with van der Waals surface area (Å²) in [6, 6.07) is 14.5. The summed E-state index contributed by atoms with van der Waals surface area (Å²) in [6.45, 7) is 0. The number of hydrogen-bond acceptors (Lipinski definition) is 5. The van der Waals surface area contributed by atoms with Gasteiger partial charge in [-0.3, -0.25) is 4.79 Å². The summed E-state index contributed by atoms with van der Waals surface area (Å²) in [4.78, 5) is 12.5. The maximum absolute atomic E-state index is 12.5. The van der Waals surface area contributed by atoms with Gasteiger partial charge in [-0.05, 0) is 35.5 Å². The zero-order valence-corrected chi connectivity index (χ0v) is 13.7. The molecule has 118 valence electrons. The van der Waals surface area contributed by atoms with E-state index in [1.54, 1.807) is 30.3 Å². The van der Waals surface area contributed by atoms with Crippen molar-refractivity contribution in [2.75, 3.05) is 5.32 Å². The number of aromatic nitrogens is 4. The first-order valence-corrected chi connectivity index (χ1v) is 7.84. The Bertz CT molecular complexity index is 1010. The Labute approximate surface area is 144 Å². The lowest BCUT2D eigenvalue weighted by molar-refractivity contribution is 0.102. The second kappa shape index (κ2) is 5.89. The van der Waals surface area contributed by atoms with E-state index in [-0.39, 0.29) is 11.7 Å². The van der Waals surface area contributed by atoms with Crippen LogP contribution in [0.3, 0.4) is 0 Å². The topological polar surface area (TPSA) is 96.7 Å². The summed E-state index contributed by atoms with van der Waals surface area (Å²) in [5.41, 5.74) is 1.66. The first kappa shape index (κ1) is 14.6. The Hall–Kier alpha value is -3.00. The van der Waals surface area contributed by atoms with E-state index in [0.29, 0.717) is 22.6 Å². The third kappa shape index (κ3) is 2.56. The van der Waals surface area contributed by atoms with Gasteiger partial charge in [0.1, 0.15) is 5.58 Å². The van der Waals surface area contributed by atoms with E-state index < -0.39 is 0 Å². The Kier molecular flexibility index (Phi) is 3.58. The minimum Gasteiger partial charge on any atom is -0.450 e. The van der Waals surface area contributed by atoms with Gasteiger partial charge in [-0.2, -0.15) is 5.21 Å². The third-order valence-electron chi connectivity index (χ3n) is 3.47. The number of furan rings is 1. The molecule has 0 atom stereocenters. The number of carbonyl (C=O) groups excluding carboxylic acids is 1. The van der Waals surface area contributed by atoms with Gasteiger partial charge in [0.15, 0.2) is 5.76 Å². The fraction of sp³-hybridized carbons (Fsp3) is 0. The van der Waals surface area contributed by atoms with Crippen molar-refractivity contribution in [2.24, 2.45) is 0 Å². The highest BCUT2D eigenvalue weighted by Crippen LogP contribution is 2.37. The largest absolute Gasteiger partial charge is 0.450 e. The van der Waals surface area contributed by atoms with E-state index >= 15 is 0 Å². The monoisotopic (exact) mass is 383 g/mol. The molecule has 4 aromatic rings. The first-order valence-electron chi connectivity index (χ1n) is 7.04. The van der Waals surface area contributed by atoms with Gasteiger partial charge in [-0.15, -0.1) is 10.2 Å². The van der Waals surface area contributed by atoms with E-state index in [1.165, 1.54) is 0 Å². The summed E-state index contributed by atoms with van der Waals surface area (Å²) < 4.78 is 6.68. The molecule has 0 bridgehead atoms. The number of fused-ring (bicyclic) bond motifs is 1. The van der Waals surface area contributed by atoms with Crippen LogP contribution in [-0.4, -0.2) is 26.5 Å². The second-order valence-electron chi connectivity index (χ2n) is 5.00. The van der Waals surface area contributed by atoms with Crippen LogP contribution in [-0.2, 0) is 0 Å². The molecule has 8 heteroatoms. The molecule has 0 aliphatic carbocycles. The number of rotatable bonds is 3. The number of benzene rings is 2. The first-order chi connectivity index (χ1) is 11.7. The van der Waals surface area contributed by atoms with E-state index in [1.807, 2.05) is 18.2 Å². The number of halogens is 1. The van der Waals surface area contributed by atoms with Gasteiger partial charge in [0.05, 0.1) is 5.69 Å². The van der Waals surface area contributed by atoms with Crippen LogP contribution in [0.15, 0.2) is 57.4 Å². The van der Waals surface area contributed by atoms with Crippen molar-refractivity contribution in [1.82, 2.24) is 20.6 Å². The third-order valence-corrected chi connectivity index (χ3v) is 3.97. The van der Waals surface area contributed by atoms with Gasteiger partial charge in [-0.25, -0.2) is 0 Å². The van der Waals surface area contributed by atoms with E-state index in [0.717, 1.165) is 9.86 Å². The van der Waals surface area contributed by atoms with E-state index in [4.69, 9.17) is 4.42 Å². The number of carbonyl (C=O) groups is 1. The van der Waals surface area contributed by atoms with Crippen molar-refractivity contribution in [2.45, 2.75) is 0 Å². The molecule has 0 unspecified atom stereocenters. The summed E-state index contributed by atoms with van der Waals surface area (Å²) in [5, 5.41) is 17.4. The van der Waals surface area contributed by atoms with Gasteiger partial charge in [0.2, 0.25) is 5.82 Å². The summed E-state index contributed by atoms with van der Waals surface area (Å²) >= 11 is 3.43. The molecule has 0 fully saturated rings. The Morgan fingerprint density at radius 1 is 1.17 bits per heavy atom. The maximum atomic E-state index is 12.5. The molecule has 1 amide bonds. The molecular weight excluding hydrogens is 374 g/mol. The number of tetrazole rings is 1. The van der Waals surface area contributed by atoms with Crippen molar-refractivity contribution in [3.8, 4) is 11.6 Å². The molecule has 2 aromatic carbocycles. The average molecular weight is 384 g/mol. The normalized spacial score (nSPS) is 10.9. The number of anilines is 1. The number of amides is 1. The van der Waals surface area contributed by atoms with Crippen molar-refractivity contribution < 1.29 is 9.21 Å². The Morgan fingerprint density at radius 2 is 2.00 bits per heavy atom. The predicted molar refractivity (Wildman–Crippen MR) is 91.5 cm³/mol. The molecule has 2 N–H and O–H groups in total. The van der Waals surface area contributed by atoms with Crippen molar-refractivity contribution in [1.29, 1.82) is 0 Å². The summed E-state index contributed by atoms with van der Waals surface area (Å²) in [6.07, 6.45) is 0. The van der Waals surface area contributed by atoms with Gasteiger partial charge < -0.3 is 9.73 Å². The summed E-state index contributed by atoms with van der Waals surface area (Å²) in [7, 11) is 0. The zero-order valence-electron chi connectivity index (χ0n) is 12.2. The van der Waals surface area contributed by atoms with Crippen LogP contribution in [0, 0.1) is 0 Å². The molecule has 0 saturated carbocycles. The molecule has 0 radical (unpaired) electrons. The highest BCUT2D eigenvalue weighted by molar-refractivity contribution is 9.10. The van der Waals surface area contributed by atoms with Crippen LogP contribution in [0.4, 0.5) is 5.69 Å². The predicted octanol–water partition coefficient (Wildman–Crippen LogP) is 3.63. The van der Waals surface area contributed by atoms with Gasteiger partial charge in [0, 0.05) is 15.4 Å². The highest BCUT2D eigenvalue weighted by atomic mass is 79.9. The zero-order chi connectivity index (χ0) is 16.5. The smallest absolute Gasteiger partial charge is 0.255 e. The second-order valence-corrected chi connectivity index (χ2v) is 5.92. The standard InChI is InChI=1S/C16H10BrN5O2/c17-10-6-7-12-11(8-10)13(14(24-12)15-19-21-22-20-15)18-16(23)9-4-2-1-3-5-9/h1-8H,(H,18,23)(H,19,20,21,22). The quantitative estimate of drug-likeness (QED) is 0.562. The minimum absolute atomic E-state index is 0.247. The summed E-state index contributed by atoms with van der Waals surface area (Å²) in [5.74, 6) is 0.370. The lowest BCUT2D eigenvalue weighted by atomic mass is 10.2. The Balaban J connectivity index is 1.84.